The third-order valence-corrected chi connectivity index (χ3v) is 5.45. The van der Waals surface area contributed by atoms with E-state index in [9.17, 15) is 9.59 Å². The normalized spacial score (nSPS) is 15.0. The fourth-order valence-corrected chi connectivity index (χ4v) is 3.94. The molecule has 0 bridgehead atoms. The lowest BCUT2D eigenvalue weighted by Gasteiger charge is -2.36. The van der Waals surface area contributed by atoms with Crippen molar-refractivity contribution in [1.82, 2.24) is 4.90 Å². The highest BCUT2D eigenvalue weighted by Crippen LogP contribution is 2.23. The topological polar surface area (TPSA) is 78.7 Å². The standard InChI is InChI=1S/C18H21ClN4O2S/c19-13-2-1-3-14(12-13)23-9-7-22(8-10-23)6-4-16(24)21-18-15(17(20)25)5-11-26-18/h1-3,5,11-12H,4,6-10H2,(H2,20,25)(H,21,24). The highest BCUT2D eigenvalue weighted by Gasteiger charge is 2.19. The Hall–Kier alpha value is -2.09. The fraction of sp³-hybridized carbons (Fsp3) is 0.333. The maximum Gasteiger partial charge on any atom is 0.251 e. The van der Waals surface area contributed by atoms with Gasteiger partial charge in [-0.25, -0.2) is 0 Å². The summed E-state index contributed by atoms with van der Waals surface area (Å²) in [5, 5.41) is 5.78. The Balaban J connectivity index is 1.44. The van der Waals surface area contributed by atoms with Crippen LogP contribution in [0, 0.1) is 0 Å². The first kappa shape index (κ1) is 18.7. The van der Waals surface area contributed by atoms with Gasteiger partial charge in [0.1, 0.15) is 5.00 Å². The third kappa shape index (κ3) is 4.75. The summed E-state index contributed by atoms with van der Waals surface area (Å²) in [7, 11) is 0. The average molecular weight is 393 g/mol. The van der Waals surface area contributed by atoms with Crippen LogP contribution in [0.5, 0.6) is 0 Å². The lowest BCUT2D eigenvalue weighted by atomic mass is 10.2. The Morgan fingerprint density at radius 2 is 1.96 bits per heavy atom. The molecule has 0 aliphatic carbocycles. The molecule has 0 saturated carbocycles. The molecule has 8 heteroatoms. The van der Waals surface area contributed by atoms with E-state index in [1.54, 1.807) is 11.4 Å². The van der Waals surface area contributed by atoms with Gasteiger partial charge in [0.05, 0.1) is 5.56 Å². The third-order valence-electron chi connectivity index (χ3n) is 4.38. The molecule has 2 heterocycles. The molecule has 0 atom stereocenters. The van der Waals surface area contributed by atoms with Gasteiger partial charge in [-0.1, -0.05) is 17.7 Å². The van der Waals surface area contributed by atoms with Crippen LogP contribution in [-0.2, 0) is 4.79 Å². The monoisotopic (exact) mass is 392 g/mol. The Labute approximate surface area is 161 Å². The van der Waals surface area contributed by atoms with Crippen molar-refractivity contribution in [3.8, 4) is 0 Å². The minimum absolute atomic E-state index is 0.104. The van der Waals surface area contributed by atoms with Gasteiger partial charge in [0, 0.05) is 49.9 Å². The lowest BCUT2D eigenvalue weighted by molar-refractivity contribution is -0.116. The minimum Gasteiger partial charge on any atom is -0.369 e. The van der Waals surface area contributed by atoms with Crippen molar-refractivity contribution >= 4 is 45.4 Å². The van der Waals surface area contributed by atoms with Crippen LogP contribution in [0.2, 0.25) is 5.02 Å². The highest BCUT2D eigenvalue weighted by molar-refractivity contribution is 7.14. The number of piperazine rings is 1. The van der Waals surface area contributed by atoms with E-state index in [2.05, 4.69) is 21.2 Å². The number of thiophene rings is 1. The van der Waals surface area contributed by atoms with Crippen LogP contribution in [0.1, 0.15) is 16.8 Å². The van der Waals surface area contributed by atoms with E-state index < -0.39 is 5.91 Å². The summed E-state index contributed by atoms with van der Waals surface area (Å²) in [6, 6.07) is 9.49. The van der Waals surface area contributed by atoms with E-state index in [1.807, 2.05) is 18.2 Å². The Morgan fingerprint density at radius 1 is 1.19 bits per heavy atom. The molecule has 3 N–H and O–H groups in total. The first-order valence-electron chi connectivity index (χ1n) is 8.43. The average Bonchev–Trinajstić information content (AvgIpc) is 3.09. The summed E-state index contributed by atoms with van der Waals surface area (Å²) in [5.74, 6) is -0.633. The first-order chi connectivity index (χ1) is 12.5. The zero-order valence-corrected chi connectivity index (χ0v) is 15.9. The number of anilines is 2. The number of primary amides is 1. The van der Waals surface area contributed by atoms with Crippen LogP contribution in [0.4, 0.5) is 10.7 Å². The maximum absolute atomic E-state index is 12.1. The molecule has 0 radical (unpaired) electrons. The summed E-state index contributed by atoms with van der Waals surface area (Å²) in [6.07, 6.45) is 0.382. The zero-order valence-electron chi connectivity index (χ0n) is 14.3. The maximum atomic E-state index is 12.1. The van der Waals surface area contributed by atoms with Crippen LogP contribution < -0.4 is 16.0 Å². The largest absolute Gasteiger partial charge is 0.369 e. The summed E-state index contributed by atoms with van der Waals surface area (Å²) in [4.78, 5) is 28.0. The van der Waals surface area contributed by atoms with Crippen molar-refractivity contribution in [3.63, 3.8) is 0 Å². The van der Waals surface area contributed by atoms with Crippen molar-refractivity contribution in [2.24, 2.45) is 5.73 Å². The van der Waals surface area contributed by atoms with Crippen LogP contribution in [0.25, 0.3) is 0 Å². The molecule has 1 fully saturated rings. The molecule has 1 aliphatic heterocycles. The number of nitrogens with two attached hydrogens (primary N) is 1. The van der Waals surface area contributed by atoms with E-state index in [0.29, 0.717) is 23.5 Å². The molecule has 26 heavy (non-hydrogen) atoms. The van der Waals surface area contributed by atoms with Gasteiger partial charge >= 0.3 is 0 Å². The molecule has 1 aliphatic rings. The molecule has 1 aromatic carbocycles. The Bertz CT molecular complexity index is 787. The van der Waals surface area contributed by atoms with E-state index >= 15 is 0 Å². The number of hydrogen-bond acceptors (Lipinski definition) is 5. The van der Waals surface area contributed by atoms with Gasteiger partial charge in [-0.3, -0.25) is 14.5 Å². The van der Waals surface area contributed by atoms with Gasteiger partial charge in [0.15, 0.2) is 0 Å². The van der Waals surface area contributed by atoms with Gasteiger partial charge in [-0.2, -0.15) is 0 Å². The summed E-state index contributed by atoms with van der Waals surface area (Å²) in [6.45, 7) is 4.28. The predicted octanol–water partition coefficient (Wildman–Crippen LogP) is 2.65. The van der Waals surface area contributed by atoms with Crippen molar-refractivity contribution in [1.29, 1.82) is 0 Å². The highest BCUT2D eigenvalue weighted by atomic mass is 35.5. The number of nitrogens with zero attached hydrogens (tertiary/aromatic N) is 2. The fourth-order valence-electron chi connectivity index (χ4n) is 2.95. The van der Waals surface area contributed by atoms with Gasteiger partial charge < -0.3 is 16.0 Å². The van der Waals surface area contributed by atoms with Crippen LogP contribution in [0.15, 0.2) is 35.7 Å². The molecule has 3 rings (SSSR count). The van der Waals surface area contributed by atoms with E-state index in [1.165, 1.54) is 11.3 Å². The first-order valence-corrected chi connectivity index (χ1v) is 9.69. The minimum atomic E-state index is -0.529. The van der Waals surface area contributed by atoms with Crippen molar-refractivity contribution in [3.05, 3.63) is 46.3 Å². The van der Waals surface area contributed by atoms with E-state index in [4.69, 9.17) is 17.3 Å². The lowest BCUT2D eigenvalue weighted by Crippen LogP contribution is -2.47. The zero-order chi connectivity index (χ0) is 18.5. The smallest absolute Gasteiger partial charge is 0.251 e. The second kappa shape index (κ2) is 8.53. The molecule has 138 valence electrons. The summed E-state index contributed by atoms with van der Waals surface area (Å²) >= 11 is 7.36. The number of amides is 2. The van der Waals surface area contributed by atoms with Crippen molar-refractivity contribution in [2.75, 3.05) is 42.9 Å². The molecule has 1 saturated heterocycles. The number of carbonyl (C=O) groups excluding carboxylic acids is 2. The number of nitrogens with one attached hydrogen (secondary N) is 1. The Morgan fingerprint density at radius 3 is 2.65 bits per heavy atom. The van der Waals surface area contributed by atoms with Crippen LogP contribution in [0.3, 0.4) is 0 Å². The number of hydrogen-bond donors (Lipinski definition) is 2. The van der Waals surface area contributed by atoms with E-state index in [-0.39, 0.29) is 5.91 Å². The predicted molar refractivity (Wildman–Crippen MR) is 106 cm³/mol. The number of carbonyl (C=O) groups is 2. The SMILES string of the molecule is NC(=O)c1ccsc1NC(=O)CCN1CCN(c2cccc(Cl)c2)CC1. The Kier molecular flexibility index (Phi) is 6.13. The molecular formula is C18H21ClN4O2S. The number of benzene rings is 1. The van der Waals surface area contributed by atoms with E-state index in [0.717, 1.165) is 36.9 Å². The number of rotatable bonds is 6. The summed E-state index contributed by atoms with van der Waals surface area (Å²) in [5.41, 5.74) is 6.78. The van der Waals surface area contributed by atoms with Gasteiger partial charge in [-0.05, 0) is 29.6 Å². The molecule has 2 aromatic rings. The number of halogens is 1. The van der Waals surface area contributed by atoms with Gasteiger partial charge in [-0.15, -0.1) is 11.3 Å². The summed E-state index contributed by atoms with van der Waals surface area (Å²) < 4.78 is 0. The van der Waals surface area contributed by atoms with Crippen molar-refractivity contribution in [2.45, 2.75) is 6.42 Å². The molecule has 6 nitrogen and oxygen atoms in total. The molecule has 2 amide bonds. The van der Waals surface area contributed by atoms with Crippen LogP contribution in [-0.4, -0.2) is 49.4 Å². The van der Waals surface area contributed by atoms with Gasteiger partial charge in [0.25, 0.3) is 5.91 Å². The van der Waals surface area contributed by atoms with Crippen molar-refractivity contribution < 1.29 is 9.59 Å². The second-order valence-corrected chi connectivity index (χ2v) is 7.49. The molecule has 0 unspecified atom stereocenters. The second-order valence-electron chi connectivity index (χ2n) is 6.13. The molecule has 1 aromatic heterocycles. The quantitative estimate of drug-likeness (QED) is 0.792. The van der Waals surface area contributed by atoms with Gasteiger partial charge in [0.2, 0.25) is 5.91 Å². The van der Waals surface area contributed by atoms with Crippen LogP contribution >= 0.6 is 22.9 Å². The molecule has 0 spiro atoms. The molecular weight excluding hydrogens is 372 g/mol.